The summed E-state index contributed by atoms with van der Waals surface area (Å²) in [5.74, 6) is 0. The molecule has 1 aliphatic carbocycles. The monoisotopic (exact) mass is 196 g/mol. The van der Waals surface area contributed by atoms with E-state index in [1.165, 1.54) is 32.1 Å². The SMILES string of the molecule is CNC(CN(C)C)C1=CCCCCC1. The van der Waals surface area contributed by atoms with Crippen LogP contribution in [0, 0.1) is 0 Å². The summed E-state index contributed by atoms with van der Waals surface area (Å²) in [6, 6.07) is 0.558. The molecule has 0 saturated carbocycles. The molecule has 0 aromatic heterocycles. The van der Waals surface area contributed by atoms with Crippen LogP contribution in [0.25, 0.3) is 0 Å². The first kappa shape index (κ1) is 11.7. The standard InChI is InChI=1S/C12H24N2/c1-13-12(10-14(2)3)11-8-6-4-5-7-9-11/h8,12-13H,4-7,9-10H2,1-3H3. The zero-order chi connectivity index (χ0) is 10.4. The molecule has 0 spiro atoms. The lowest BCUT2D eigenvalue weighted by Gasteiger charge is -2.23. The summed E-state index contributed by atoms with van der Waals surface area (Å²) in [6.45, 7) is 1.11. The second kappa shape index (κ2) is 6.20. The van der Waals surface area contributed by atoms with Gasteiger partial charge in [-0.25, -0.2) is 0 Å². The molecule has 0 heterocycles. The van der Waals surface area contributed by atoms with E-state index in [0.717, 1.165) is 6.54 Å². The van der Waals surface area contributed by atoms with Gasteiger partial charge in [0.05, 0.1) is 0 Å². The summed E-state index contributed by atoms with van der Waals surface area (Å²) in [7, 11) is 6.35. The van der Waals surface area contributed by atoms with E-state index >= 15 is 0 Å². The Morgan fingerprint density at radius 1 is 1.36 bits per heavy atom. The Kier molecular flexibility index (Phi) is 5.20. The molecule has 0 fully saturated rings. The van der Waals surface area contributed by atoms with Gasteiger partial charge in [-0.15, -0.1) is 0 Å². The molecule has 1 N–H and O–H groups in total. The minimum atomic E-state index is 0.558. The maximum atomic E-state index is 3.42. The summed E-state index contributed by atoms with van der Waals surface area (Å²) >= 11 is 0. The topological polar surface area (TPSA) is 15.3 Å². The number of allylic oxidation sites excluding steroid dienone is 1. The predicted octanol–water partition coefficient (Wildman–Crippen LogP) is 2.03. The van der Waals surface area contributed by atoms with Crippen LogP contribution in [0.15, 0.2) is 11.6 Å². The third-order valence-corrected chi connectivity index (χ3v) is 2.92. The van der Waals surface area contributed by atoms with Gasteiger partial charge >= 0.3 is 0 Å². The molecular formula is C12H24N2. The van der Waals surface area contributed by atoms with Gasteiger partial charge in [-0.05, 0) is 46.8 Å². The minimum Gasteiger partial charge on any atom is -0.312 e. The average molecular weight is 196 g/mol. The summed E-state index contributed by atoms with van der Waals surface area (Å²) in [5.41, 5.74) is 1.62. The molecule has 0 bridgehead atoms. The first-order valence-electron chi connectivity index (χ1n) is 5.75. The molecule has 1 atom stereocenters. The molecule has 2 heteroatoms. The number of nitrogens with one attached hydrogen (secondary N) is 1. The number of hydrogen-bond donors (Lipinski definition) is 1. The van der Waals surface area contributed by atoms with Crippen molar-refractivity contribution in [3.8, 4) is 0 Å². The van der Waals surface area contributed by atoms with Gasteiger partial charge in [0.15, 0.2) is 0 Å². The molecule has 0 radical (unpaired) electrons. The summed E-state index contributed by atoms with van der Waals surface area (Å²) in [4.78, 5) is 2.26. The zero-order valence-electron chi connectivity index (χ0n) is 9.84. The average Bonchev–Trinajstić information content (AvgIpc) is 2.41. The Morgan fingerprint density at radius 3 is 2.79 bits per heavy atom. The van der Waals surface area contributed by atoms with Crippen LogP contribution in [-0.2, 0) is 0 Å². The fourth-order valence-corrected chi connectivity index (χ4v) is 2.12. The van der Waals surface area contributed by atoms with Crippen molar-refractivity contribution in [1.29, 1.82) is 0 Å². The van der Waals surface area contributed by atoms with Gasteiger partial charge in [0.25, 0.3) is 0 Å². The third kappa shape index (κ3) is 3.81. The Morgan fingerprint density at radius 2 is 2.14 bits per heavy atom. The van der Waals surface area contributed by atoms with E-state index in [2.05, 4.69) is 37.4 Å². The highest BCUT2D eigenvalue weighted by Gasteiger charge is 2.13. The van der Waals surface area contributed by atoms with E-state index < -0.39 is 0 Å². The van der Waals surface area contributed by atoms with Crippen LogP contribution in [0.4, 0.5) is 0 Å². The van der Waals surface area contributed by atoms with Crippen molar-refractivity contribution < 1.29 is 0 Å². The molecule has 1 unspecified atom stereocenters. The first-order chi connectivity index (χ1) is 6.74. The molecule has 82 valence electrons. The summed E-state index contributed by atoms with van der Waals surface area (Å²) in [5, 5.41) is 3.42. The molecule has 0 amide bonds. The largest absolute Gasteiger partial charge is 0.312 e. The van der Waals surface area contributed by atoms with Gasteiger partial charge < -0.3 is 10.2 Å². The van der Waals surface area contributed by atoms with Crippen molar-refractivity contribution in [2.75, 3.05) is 27.7 Å². The number of nitrogens with zero attached hydrogens (tertiary/aromatic N) is 1. The molecule has 1 aliphatic rings. The highest BCUT2D eigenvalue weighted by atomic mass is 15.1. The highest BCUT2D eigenvalue weighted by Crippen LogP contribution is 2.19. The fraction of sp³-hybridized carbons (Fsp3) is 0.833. The van der Waals surface area contributed by atoms with Gasteiger partial charge in [-0.1, -0.05) is 18.1 Å². The lowest BCUT2D eigenvalue weighted by atomic mass is 10.0. The normalized spacial score (nSPS) is 20.4. The van der Waals surface area contributed by atoms with Gasteiger partial charge in [-0.2, -0.15) is 0 Å². The second-order valence-corrected chi connectivity index (χ2v) is 4.48. The van der Waals surface area contributed by atoms with E-state index in [4.69, 9.17) is 0 Å². The van der Waals surface area contributed by atoms with Crippen molar-refractivity contribution in [3.63, 3.8) is 0 Å². The fourth-order valence-electron chi connectivity index (χ4n) is 2.12. The zero-order valence-corrected chi connectivity index (χ0v) is 9.84. The molecule has 0 aromatic rings. The van der Waals surface area contributed by atoms with Crippen molar-refractivity contribution in [2.45, 2.75) is 38.1 Å². The maximum Gasteiger partial charge on any atom is 0.0405 e. The predicted molar refractivity (Wildman–Crippen MR) is 62.6 cm³/mol. The van der Waals surface area contributed by atoms with Crippen molar-refractivity contribution in [3.05, 3.63) is 11.6 Å². The van der Waals surface area contributed by atoms with Crippen LogP contribution in [0.1, 0.15) is 32.1 Å². The molecule has 14 heavy (non-hydrogen) atoms. The molecule has 1 rings (SSSR count). The molecular weight excluding hydrogens is 172 g/mol. The number of rotatable bonds is 4. The first-order valence-corrected chi connectivity index (χ1v) is 5.75. The van der Waals surface area contributed by atoms with Crippen LogP contribution >= 0.6 is 0 Å². The van der Waals surface area contributed by atoms with Crippen LogP contribution in [0.2, 0.25) is 0 Å². The van der Waals surface area contributed by atoms with E-state index in [-0.39, 0.29) is 0 Å². The smallest absolute Gasteiger partial charge is 0.0405 e. The van der Waals surface area contributed by atoms with Crippen LogP contribution < -0.4 is 5.32 Å². The highest BCUT2D eigenvalue weighted by molar-refractivity contribution is 5.12. The molecule has 2 nitrogen and oxygen atoms in total. The number of likely N-dealkylation sites (N-methyl/N-ethyl adjacent to an activating group) is 2. The van der Waals surface area contributed by atoms with Crippen molar-refractivity contribution >= 4 is 0 Å². The molecule has 0 saturated heterocycles. The van der Waals surface area contributed by atoms with E-state index in [1.807, 2.05) is 0 Å². The van der Waals surface area contributed by atoms with Crippen LogP contribution in [0.3, 0.4) is 0 Å². The van der Waals surface area contributed by atoms with Crippen LogP contribution in [0.5, 0.6) is 0 Å². The van der Waals surface area contributed by atoms with Crippen molar-refractivity contribution in [2.24, 2.45) is 0 Å². The van der Waals surface area contributed by atoms with E-state index in [9.17, 15) is 0 Å². The van der Waals surface area contributed by atoms with Gasteiger partial charge in [0.2, 0.25) is 0 Å². The van der Waals surface area contributed by atoms with Gasteiger partial charge in [0.1, 0.15) is 0 Å². The maximum absolute atomic E-state index is 3.42. The van der Waals surface area contributed by atoms with Crippen molar-refractivity contribution in [1.82, 2.24) is 10.2 Å². The molecule has 0 aliphatic heterocycles. The summed E-state index contributed by atoms with van der Waals surface area (Å²) in [6.07, 6.45) is 9.18. The second-order valence-electron chi connectivity index (χ2n) is 4.48. The van der Waals surface area contributed by atoms with Gasteiger partial charge in [0, 0.05) is 12.6 Å². The lowest BCUT2D eigenvalue weighted by molar-refractivity contribution is 0.365. The quantitative estimate of drug-likeness (QED) is 0.692. The third-order valence-electron chi connectivity index (χ3n) is 2.92. The Bertz CT molecular complexity index is 185. The Labute approximate surface area is 88.4 Å². The minimum absolute atomic E-state index is 0.558. The van der Waals surface area contributed by atoms with Gasteiger partial charge in [-0.3, -0.25) is 0 Å². The van der Waals surface area contributed by atoms with E-state index in [1.54, 1.807) is 5.57 Å². The number of hydrogen-bond acceptors (Lipinski definition) is 2. The molecule has 0 aromatic carbocycles. The Balaban J connectivity index is 2.52. The lowest BCUT2D eigenvalue weighted by Crippen LogP contribution is -2.37. The van der Waals surface area contributed by atoms with E-state index in [0.29, 0.717) is 6.04 Å². The summed E-state index contributed by atoms with van der Waals surface area (Å²) < 4.78 is 0. The van der Waals surface area contributed by atoms with Crippen LogP contribution in [-0.4, -0.2) is 38.6 Å². The Hall–Kier alpha value is -0.340.